The van der Waals surface area contributed by atoms with Crippen LogP contribution in [-0.4, -0.2) is 6.54 Å². The number of nitrogens with one attached hydrogen (secondary N) is 1. The van der Waals surface area contributed by atoms with Crippen molar-refractivity contribution >= 4 is 11.6 Å². The van der Waals surface area contributed by atoms with Crippen LogP contribution in [0.4, 0.5) is 0 Å². The van der Waals surface area contributed by atoms with Crippen molar-refractivity contribution in [1.29, 1.82) is 5.26 Å². The van der Waals surface area contributed by atoms with Crippen LogP contribution in [0.3, 0.4) is 0 Å². The molecule has 0 saturated heterocycles. The van der Waals surface area contributed by atoms with E-state index in [-0.39, 0.29) is 12.0 Å². The van der Waals surface area contributed by atoms with Crippen LogP contribution in [0.15, 0.2) is 24.3 Å². The Morgan fingerprint density at radius 2 is 2.20 bits per heavy atom. The lowest BCUT2D eigenvalue weighted by Gasteiger charge is -2.15. The Bertz CT molecular complexity index is 357. The maximum absolute atomic E-state index is 8.65. The summed E-state index contributed by atoms with van der Waals surface area (Å²) in [4.78, 5) is 0. The molecule has 0 aliphatic heterocycles. The van der Waals surface area contributed by atoms with Gasteiger partial charge in [-0.25, -0.2) is 0 Å². The van der Waals surface area contributed by atoms with Crippen molar-refractivity contribution in [2.45, 2.75) is 19.9 Å². The fourth-order valence-corrected chi connectivity index (χ4v) is 1.49. The molecule has 0 heterocycles. The summed E-state index contributed by atoms with van der Waals surface area (Å²) in [7, 11) is 0. The Morgan fingerprint density at radius 1 is 1.47 bits per heavy atom. The van der Waals surface area contributed by atoms with Crippen molar-refractivity contribution in [3.63, 3.8) is 0 Å². The largest absolute Gasteiger partial charge is 0.309 e. The van der Waals surface area contributed by atoms with Gasteiger partial charge in [0, 0.05) is 17.6 Å². The van der Waals surface area contributed by atoms with E-state index in [2.05, 4.69) is 18.3 Å². The van der Waals surface area contributed by atoms with Gasteiger partial charge in [0.15, 0.2) is 0 Å². The van der Waals surface area contributed by atoms with E-state index in [0.717, 1.165) is 10.6 Å². The summed E-state index contributed by atoms with van der Waals surface area (Å²) in [6, 6.07) is 10.2. The van der Waals surface area contributed by atoms with Crippen LogP contribution in [0.25, 0.3) is 0 Å². The lowest BCUT2D eigenvalue weighted by Crippen LogP contribution is -2.23. The van der Waals surface area contributed by atoms with Gasteiger partial charge in [0.2, 0.25) is 0 Å². The van der Waals surface area contributed by atoms with Crippen molar-refractivity contribution in [2.75, 3.05) is 6.54 Å². The van der Waals surface area contributed by atoms with Crippen molar-refractivity contribution in [1.82, 2.24) is 5.32 Å². The van der Waals surface area contributed by atoms with Gasteiger partial charge >= 0.3 is 0 Å². The molecule has 0 aliphatic carbocycles. The van der Waals surface area contributed by atoms with Crippen LogP contribution in [-0.2, 0) is 0 Å². The van der Waals surface area contributed by atoms with Gasteiger partial charge in [0.25, 0.3) is 0 Å². The quantitative estimate of drug-likeness (QED) is 0.850. The fraction of sp³-hybridized carbons (Fsp3) is 0.417. The summed E-state index contributed by atoms with van der Waals surface area (Å²) in [6.07, 6.45) is 0. The summed E-state index contributed by atoms with van der Waals surface area (Å²) in [5.41, 5.74) is 1.15. The Balaban J connectivity index is 2.54. The van der Waals surface area contributed by atoms with Crippen molar-refractivity contribution in [3.8, 4) is 6.07 Å². The molecular weight excluding hydrogens is 208 g/mol. The maximum Gasteiger partial charge on any atom is 0.0666 e. The zero-order chi connectivity index (χ0) is 11.3. The molecule has 0 amide bonds. The van der Waals surface area contributed by atoms with Gasteiger partial charge < -0.3 is 5.32 Å². The highest BCUT2D eigenvalue weighted by Gasteiger charge is 2.06. The molecule has 1 aromatic rings. The van der Waals surface area contributed by atoms with Gasteiger partial charge in [-0.1, -0.05) is 23.7 Å². The van der Waals surface area contributed by atoms with Crippen LogP contribution in [0.1, 0.15) is 25.5 Å². The Kier molecular flexibility index (Phi) is 4.61. The normalized spacial score (nSPS) is 14.3. The minimum Gasteiger partial charge on any atom is -0.309 e. The fourth-order valence-electron chi connectivity index (χ4n) is 1.29. The molecule has 1 unspecified atom stereocenters. The first kappa shape index (κ1) is 12.0. The van der Waals surface area contributed by atoms with Crippen LogP contribution >= 0.6 is 11.6 Å². The molecule has 0 radical (unpaired) electrons. The number of nitriles is 1. The third kappa shape index (κ3) is 3.91. The summed E-state index contributed by atoms with van der Waals surface area (Å²) >= 11 is 5.90. The standard InChI is InChI=1S/C12H15ClN2/c1-9(7-14)8-15-10(2)11-4-3-5-12(13)6-11/h3-6,9-10,15H,8H2,1-2H3/t9?,10-/m1/s1. The highest BCUT2D eigenvalue weighted by atomic mass is 35.5. The number of halogens is 1. The van der Waals surface area contributed by atoms with Gasteiger partial charge in [-0.15, -0.1) is 0 Å². The SMILES string of the molecule is CC(C#N)CN[C@H](C)c1cccc(Cl)c1. The van der Waals surface area contributed by atoms with Gasteiger partial charge in [0.1, 0.15) is 0 Å². The van der Waals surface area contributed by atoms with E-state index in [1.807, 2.05) is 31.2 Å². The molecule has 1 rings (SSSR count). The Hall–Kier alpha value is -1.04. The number of benzene rings is 1. The summed E-state index contributed by atoms with van der Waals surface area (Å²) in [5.74, 6) is 0.0339. The third-order valence-corrected chi connectivity index (χ3v) is 2.53. The molecule has 0 bridgehead atoms. The van der Waals surface area contributed by atoms with Crippen molar-refractivity contribution in [2.24, 2.45) is 5.92 Å². The molecule has 0 aromatic heterocycles. The second-order valence-electron chi connectivity index (χ2n) is 3.72. The Morgan fingerprint density at radius 3 is 2.80 bits per heavy atom. The first-order valence-electron chi connectivity index (χ1n) is 5.02. The molecular formula is C12H15ClN2. The number of rotatable bonds is 4. The highest BCUT2D eigenvalue weighted by molar-refractivity contribution is 6.30. The van der Waals surface area contributed by atoms with Crippen LogP contribution in [0.5, 0.6) is 0 Å². The smallest absolute Gasteiger partial charge is 0.0666 e. The zero-order valence-corrected chi connectivity index (χ0v) is 9.75. The molecule has 0 aliphatic rings. The molecule has 3 heteroatoms. The summed E-state index contributed by atoms with van der Waals surface area (Å²) < 4.78 is 0. The van der Waals surface area contributed by atoms with Crippen molar-refractivity contribution < 1.29 is 0 Å². The van der Waals surface area contributed by atoms with Crippen LogP contribution in [0, 0.1) is 17.2 Å². The average molecular weight is 223 g/mol. The second-order valence-corrected chi connectivity index (χ2v) is 4.15. The van der Waals surface area contributed by atoms with Gasteiger partial charge in [-0.2, -0.15) is 5.26 Å². The van der Waals surface area contributed by atoms with Gasteiger partial charge in [0.05, 0.1) is 12.0 Å². The first-order chi connectivity index (χ1) is 7.13. The van der Waals surface area contributed by atoms with Crippen molar-refractivity contribution in [3.05, 3.63) is 34.9 Å². The monoisotopic (exact) mass is 222 g/mol. The molecule has 2 nitrogen and oxygen atoms in total. The summed E-state index contributed by atoms with van der Waals surface area (Å²) in [5, 5.41) is 12.7. The van der Waals surface area contributed by atoms with Crippen LogP contribution in [0.2, 0.25) is 5.02 Å². The number of hydrogen-bond acceptors (Lipinski definition) is 2. The molecule has 15 heavy (non-hydrogen) atoms. The van der Waals surface area contributed by atoms with E-state index < -0.39 is 0 Å². The van der Waals surface area contributed by atoms with E-state index in [1.54, 1.807) is 0 Å². The van der Waals surface area contributed by atoms with E-state index in [0.29, 0.717) is 6.54 Å². The predicted molar refractivity (Wildman–Crippen MR) is 62.6 cm³/mol. The summed E-state index contributed by atoms with van der Waals surface area (Å²) in [6.45, 7) is 4.66. The molecule has 0 fully saturated rings. The third-order valence-electron chi connectivity index (χ3n) is 2.30. The molecule has 0 spiro atoms. The molecule has 0 saturated carbocycles. The number of hydrogen-bond donors (Lipinski definition) is 1. The van der Waals surface area contributed by atoms with Gasteiger partial charge in [-0.05, 0) is 31.5 Å². The number of nitrogens with zero attached hydrogens (tertiary/aromatic N) is 1. The van der Waals surface area contributed by atoms with Crippen LogP contribution < -0.4 is 5.32 Å². The zero-order valence-electron chi connectivity index (χ0n) is 9.00. The highest BCUT2D eigenvalue weighted by Crippen LogP contribution is 2.17. The molecule has 80 valence electrons. The average Bonchev–Trinajstić information content (AvgIpc) is 2.25. The van der Waals surface area contributed by atoms with E-state index >= 15 is 0 Å². The second kappa shape index (κ2) is 5.75. The molecule has 1 N–H and O–H groups in total. The lowest BCUT2D eigenvalue weighted by atomic mass is 10.1. The minimum absolute atomic E-state index is 0.0339. The van der Waals surface area contributed by atoms with E-state index in [9.17, 15) is 0 Å². The first-order valence-corrected chi connectivity index (χ1v) is 5.39. The lowest BCUT2D eigenvalue weighted by molar-refractivity contribution is 0.528. The predicted octanol–water partition coefficient (Wildman–Crippen LogP) is 3.15. The molecule has 2 atom stereocenters. The minimum atomic E-state index is 0.0339. The maximum atomic E-state index is 8.65. The Labute approximate surface area is 95.9 Å². The van der Waals surface area contributed by atoms with E-state index in [1.165, 1.54) is 0 Å². The molecule has 1 aromatic carbocycles. The topological polar surface area (TPSA) is 35.8 Å². The van der Waals surface area contributed by atoms with E-state index in [4.69, 9.17) is 16.9 Å². The van der Waals surface area contributed by atoms with Gasteiger partial charge in [-0.3, -0.25) is 0 Å².